The zero-order valence-electron chi connectivity index (χ0n) is 11.4. The standard InChI is InChI=1S/C13H17NO5S/c1-9-3-4-10(2)12(7-9)20(17,18)14-5-6-19-11(8-14)13(15)16/h3-4,7,11H,5-6,8H2,1-2H3,(H,15,16). The first-order valence-corrected chi connectivity index (χ1v) is 7.68. The number of morpholine rings is 1. The Morgan fingerprint density at radius 1 is 1.40 bits per heavy atom. The van der Waals surface area contributed by atoms with E-state index in [2.05, 4.69) is 0 Å². The molecule has 0 saturated carbocycles. The Morgan fingerprint density at radius 2 is 2.10 bits per heavy atom. The third-order valence-electron chi connectivity index (χ3n) is 3.27. The molecular formula is C13H17NO5S. The van der Waals surface area contributed by atoms with Gasteiger partial charge in [-0.2, -0.15) is 4.31 Å². The Hall–Kier alpha value is -1.44. The second-order valence-electron chi connectivity index (χ2n) is 4.83. The van der Waals surface area contributed by atoms with Crippen molar-refractivity contribution >= 4 is 16.0 Å². The number of hydrogen-bond acceptors (Lipinski definition) is 4. The van der Waals surface area contributed by atoms with Gasteiger partial charge in [0.25, 0.3) is 0 Å². The van der Waals surface area contributed by atoms with E-state index in [4.69, 9.17) is 9.84 Å². The van der Waals surface area contributed by atoms with Crippen molar-refractivity contribution in [1.29, 1.82) is 0 Å². The molecule has 0 bridgehead atoms. The number of nitrogens with zero attached hydrogens (tertiary/aromatic N) is 1. The summed E-state index contributed by atoms with van der Waals surface area (Å²) in [5.41, 5.74) is 1.49. The lowest BCUT2D eigenvalue weighted by Gasteiger charge is -2.30. The molecule has 1 aliphatic heterocycles. The molecule has 1 aliphatic rings. The van der Waals surface area contributed by atoms with Gasteiger partial charge in [-0.1, -0.05) is 12.1 Å². The maximum absolute atomic E-state index is 12.6. The first-order chi connectivity index (χ1) is 9.32. The lowest BCUT2D eigenvalue weighted by Crippen LogP contribution is -2.48. The normalized spacial score (nSPS) is 20.8. The van der Waals surface area contributed by atoms with Gasteiger partial charge in [0.05, 0.1) is 18.0 Å². The monoisotopic (exact) mass is 299 g/mol. The molecule has 1 aromatic rings. The largest absolute Gasteiger partial charge is 0.479 e. The number of hydrogen-bond donors (Lipinski definition) is 1. The minimum Gasteiger partial charge on any atom is -0.479 e. The van der Waals surface area contributed by atoms with Crippen molar-refractivity contribution in [3.05, 3.63) is 29.3 Å². The molecule has 0 aliphatic carbocycles. The van der Waals surface area contributed by atoms with Gasteiger partial charge in [-0.3, -0.25) is 0 Å². The number of aliphatic carboxylic acids is 1. The van der Waals surface area contributed by atoms with Crippen LogP contribution in [0.5, 0.6) is 0 Å². The highest BCUT2D eigenvalue weighted by atomic mass is 32.2. The van der Waals surface area contributed by atoms with Crippen LogP contribution in [-0.2, 0) is 19.6 Å². The van der Waals surface area contributed by atoms with Crippen LogP contribution in [0, 0.1) is 13.8 Å². The topological polar surface area (TPSA) is 83.9 Å². The summed E-state index contributed by atoms with van der Waals surface area (Å²) in [7, 11) is -3.69. The van der Waals surface area contributed by atoms with Crippen LogP contribution < -0.4 is 0 Å². The summed E-state index contributed by atoms with van der Waals surface area (Å²) in [6.45, 7) is 3.63. The highest BCUT2D eigenvalue weighted by Crippen LogP contribution is 2.23. The molecular weight excluding hydrogens is 282 g/mol. The quantitative estimate of drug-likeness (QED) is 0.891. The molecule has 1 N–H and O–H groups in total. The molecule has 0 amide bonds. The summed E-state index contributed by atoms with van der Waals surface area (Å²) in [5.74, 6) is -1.15. The fraction of sp³-hybridized carbons (Fsp3) is 0.462. The van der Waals surface area contributed by atoms with Crippen LogP contribution in [0.25, 0.3) is 0 Å². The zero-order valence-corrected chi connectivity index (χ0v) is 12.2. The van der Waals surface area contributed by atoms with E-state index in [9.17, 15) is 13.2 Å². The molecule has 1 saturated heterocycles. The number of carboxylic acids is 1. The first kappa shape index (κ1) is 15.0. The smallest absolute Gasteiger partial charge is 0.334 e. The van der Waals surface area contributed by atoms with Gasteiger partial charge in [0.15, 0.2) is 6.10 Å². The van der Waals surface area contributed by atoms with Gasteiger partial charge in [0.2, 0.25) is 10.0 Å². The van der Waals surface area contributed by atoms with Crippen LogP contribution in [0.4, 0.5) is 0 Å². The van der Waals surface area contributed by atoms with Crippen LogP contribution >= 0.6 is 0 Å². The van der Waals surface area contributed by atoms with E-state index < -0.39 is 22.1 Å². The molecule has 0 spiro atoms. The highest BCUT2D eigenvalue weighted by Gasteiger charge is 2.34. The van der Waals surface area contributed by atoms with E-state index in [1.54, 1.807) is 19.1 Å². The Labute approximate surface area is 118 Å². The number of sulfonamides is 1. The summed E-state index contributed by atoms with van der Waals surface area (Å²) in [6, 6.07) is 5.20. The molecule has 1 fully saturated rings. The van der Waals surface area contributed by atoms with E-state index in [0.717, 1.165) is 5.56 Å². The third-order valence-corrected chi connectivity index (χ3v) is 5.27. The summed E-state index contributed by atoms with van der Waals surface area (Å²) < 4.78 is 31.4. The minimum absolute atomic E-state index is 0.0844. The fourth-order valence-corrected chi connectivity index (χ4v) is 3.85. The van der Waals surface area contributed by atoms with E-state index in [1.807, 2.05) is 13.0 Å². The molecule has 0 radical (unpaired) electrons. The van der Waals surface area contributed by atoms with Crippen LogP contribution in [-0.4, -0.2) is 49.6 Å². The first-order valence-electron chi connectivity index (χ1n) is 6.24. The molecule has 0 aromatic heterocycles. The summed E-state index contributed by atoms with van der Waals surface area (Å²) in [4.78, 5) is 11.2. The van der Waals surface area contributed by atoms with Gasteiger partial charge in [-0.15, -0.1) is 0 Å². The molecule has 20 heavy (non-hydrogen) atoms. The van der Waals surface area contributed by atoms with Gasteiger partial charge in [-0.25, -0.2) is 13.2 Å². The highest BCUT2D eigenvalue weighted by molar-refractivity contribution is 7.89. The lowest BCUT2D eigenvalue weighted by molar-refractivity contribution is -0.153. The van der Waals surface area contributed by atoms with E-state index in [0.29, 0.717) is 5.56 Å². The molecule has 6 nitrogen and oxygen atoms in total. The van der Waals surface area contributed by atoms with Crippen molar-refractivity contribution in [2.75, 3.05) is 19.7 Å². The Kier molecular flexibility index (Phi) is 4.12. The molecule has 1 heterocycles. The van der Waals surface area contributed by atoms with Gasteiger partial charge < -0.3 is 9.84 Å². The molecule has 110 valence electrons. The number of carboxylic acid groups (broad SMARTS) is 1. The average molecular weight is 299 g/mol. The lowest BCUT2D eigenvalue weighted by atomic mass is 10.2. The van der Waals surface area contributed by atoms with E-state index in [1.165, 1.54) is 4.31 Å². The van der Waals surface area contributed by atoms with Crippen LogP contribution in [0.3, 0.4) is 0 Å². The summed E-state index contributed by atoms with van der Waals surface area (Å²) in [6.07, 6.45) is -1.11. The van der Waals surface area contributed by atoms with Crippen molar-refractivity contribution in [2.24, 2.45) is 0 Å². The average Bonchev–Trinajstić information content (AvgIpc) is 2.41. The summed E-state index contributed by atoms with van der Waals surface area (Å²) in [5, 5.41) is 8.94. The van der Waals surface area contributed by atoms with E-state index in [-0.39, 0.29) is 24.6 Å². The van der Waals surface area contributed by atoms with Crippen molar-refractivity contribution in [3.8, 4) is 0 Å². The SMILES string of the molecule is Cc1ccc(C)c(S(=O)(=O)N2CCOC(C(=O)O)C2)c1. The van der Waals surface area contributed by atoms with Crippen LogP contribution in [0.15, 0.2) is 23.1 Å². The van der Waals surface area contributed by atoms with Crippen LogP contribution in [0.1, 0.15) is 11.1 Å². The number of carbonyl (C=O) groups is 1. The molecule has 1 aromatic carbocycles. The van der Waals surface area contributed by atoms with Crippen LogP contribution in [0.2, 0.25) is 0 Å². The van der Waals surface area contributed by atoms with Crippen molar-refractivity contribution in [3.63, 3.8) is 0 Å². The predicted octanol–water partition coefficient (Wildman–Crippen LogP) is 0.778. The zero-order chi connectivity index (χ0) is 14.9. The molecule has 7 heteroatoms. The fourth-order valence-electron chi connectivity index (χ4n) is 2.12. The second-order valence-corrected chi connectivity index (χ2v) is 6.74. The maximum atomic E-state index is 12.6. The maximum Gasteiger partial charge on any atom is 0.334 e. The number of benzene rings is 1. The summed E-state index contributed by atoms with van der Waals surface area (Å²) >= 11 is 0. The van der Waals surface area contributed by atoms with Crippen molar-refractivity contribution < 1.29 is 23.1 Å². The number of aryl methyl sites for hydroxylation is 2. The van der Waals surface area contributed by atoms with Gasteiger partial charge in [-0.05, 0) is 31.0 Å². The third kappa shape index (κ3) is 2.84. The molecule has 2 rings (SSSR count). The van der Waals surface area contributed by atoms with Gasteiger partial charge >= 0.3 is 5.97 Å². The van der Waals surface area contributed by atoms with E-state index >= 15 is 0 Å². The Morgan fingerprint density at radius 3 is 2.75 bits per heavy atom. The Bertz CT molecular complexity index is 626. The van der Waals surface area contributed by atoms with Gasteiger partial charge in [0, 0.05) is 6.54 Å². The molecule has 1 atom stereocenters. The Balaban J connectivity index is 2.35. The minimum atomic E-state index is -3.69. The second kappa shape index (κ2) is 5.51. The molecule has 1 unspecified atom stereocenters. The predicted molar refractivity (Wildman–Crippen MR) is 72.1 cm³/mol. The number of ether oxygens (including phenoxy) is 1. The number of rotatable bonds is 3. The van der Waals surface area contributed by atoms with Gasteiger partial charge in [0.1, 0.15) is 0 Å². The van der Waals surface area contributed by atoms with Crippen molar-refractivity contribution in [1.82, 2.24) is 4.31 Å². The van der Waals surface area contributed by atoms with Crippen molar-refractivity contribution in [2.45, 2.75) is 24.8 Å².